The lowest BCUT2D eigenvalue weighted by Crippen LogP contribution is -2.41. The van der Waals surface area contributed by atoms with E-state index >= 15 is 0 Å². The Morgan fingerprint density at radius 2 is 2.00 bits per heavy atom. The van der Waals surface area contributed by atoms with E-state index in [9.17, 15) is 0 Å². The molecule has 1 atom stereocenters. The largest absolute Gasteiger partial charge is 0.443 e. The molecule has 0 radical (unpaired) electrons. The zero-order valence-corrected chi connectivity index (χ0v) is 20.4. The molecule has 2 saturated heterocycles. The number of aromatic nitrogens is 1. The third-order valence-corrected chi connectivity index (χ3v) is 5.54. The number of guanidine groups is 1. The monoisotopic (exact) mass is 503 g/mol. The maximum atomic E-state index is 5.89. The molecule has 1 N–H and O–H groups in total. The second-order valence-electron chi connectivity index (χ2n) is 9.00. The minimum absolute atomic E-state index is 0. The predicted octanol–water partition coefficient (Wildman–Crippen LogP) is 3.86. The Balaban J connectivity index is 0.00000280. The van der Waals surface area contributed by atoms with E-state index in [4.69, 9.17) is 9.41 Å². The third-order valence-electron chi connectivity index (χ3n) is 5.54. The van der Waals surface area contributed by atoms with Crippen LogP contribution < -0.4 is 5.32 Å². The fourth-order valence-corrected chi connectivity index (χ4v) is 3.98. The number of hydrogen-bond donors (Lipinski definition) is 1. The van der Waals surface area contributed by atoms with E-state index < -0.39 is 0 Å². The Hall–Kier alpha value is -0.830. The molecule has 1 aromatic heterocycles. The summed E-state index contributed by atoms with van der Waals surface area (Å²) >= 11 is 0. The molecule has 0 aromatic carbocycles. The standard InChI is InChI=1S/C21H37N5O.HI/c1-5-22-20(24-14-19-23-13-18(27-19)21(2,3)4)26-12-9-17(16-26)15-25-10-7-6-8-11-25;/h13,17H,5-12,14-16H2,1-4H3,(H,22,24);1H. The Labute approximate surface area is 187 Å². The number of piperidine rings is 1. The van der Waals surface area contributed by atoms with Gasteiger partial charge in [-0.15, -0.1) is 24.0 Å². The van der Waals surface area contributed by atoms with Gasteiger partial charge >= 0.3 is 0 Å². The molecule has 7 heteroatoms. The van der Waals surface area contributed by atoms with E-state index in [0.29, 0.717) is 12.4 Å². The summed E-state index contributed by atoms with van der Waals surface area (Å²) in [6, 6.07) is 0. The van der Waals surface area contributed by atoms with Crippen molar-refractivity contribution in [1.82, 2.24) is 20.1 Å². The summed E-state index contributed by atoms with van der Waals surface area (Å²) in [5.41, 5.74) is -0.0178. The number of aliphatic imine (C=N–C) groups is 1. The van der Waals surface area contributed by atoms with Crippen molar-refractivity contribution in [2.24, 2.45) is 10.9 Å². The van der Waals surface area contributed by atoms with Gasteiger partial charge < -0.3 is 19.5 Å². The van der Waals surface area contributed by atoms with Crippen LogP contribution in [0.3, 0.4) is 0 Å². The van der Waals surface area contributed by atoms with Gasteiger partial charge in [0.2, 0.25) is 5.89 Å². The van der Waals surface area contributed by atoms with Crippen LogP contribution >= 0.6 is 24.0 Å². The highest BCUT2D eigenvalue weighted by molar-refractivity contribution is 14.0. The van der Waals surface area contributed by atoms with Crippen LogP contribution in [0.25, 0.3) is 0 Å². The van der Waals surface area contributed by atoms with Crippen molar-refractivity contribution in [2.75, 3.05) is 39.3 Å². The summed E-state index contributed by atoms with van der Waals surface area (Å²) in [6.07, 6.45) is 7.24. The molecule has 0 bridgehead atoms. The average Bonchev–Trinajstić information content (AvgIpc) is 3.29. The highest BCUT2D eigenvalue weighted by Crippen LogP contribution is 2.23. The Morgan fingerprint density at radius 1 is 1.25 bits per heavy atom. The highest BCUT2D eigenvalue weighted by Gasteiger charge is 2.27. The molecule has 0 amide bonds. The van der Waals surface area contributed by atoms with E-state index in [1.54, 1.807) is 0 Å². The van der Waals surface area contributed by atoms with Gasteiger partial charge in [0.05, 0.1) is 6.20 Å². The molecule has 3 rings (SSSR count). The van der Waals surface area contributed by atoms with Gasteiger partial charge in [-0.05, 0) is 45.2 Å². The smallest absolute Gasteiger partial charge is 0.216 e. The summed E-state index contributed by atoms with van der Waals surface area (Å²) in [6.45, 7) is 15.9. The molecule has 0 saturated carbocycles. The normalized spacial score (nSPS) is 21.6. The lowest BCUT2D eigenvalue weighted by molar-refractivity contribution is 0.198. The zero-order valence-electron chi connectivity index (χ0n) is 18.0. The first-order valence-electron chi connectivity index (χ1n) is 10.7. The lowest BCUT2D eigenvalue weighted by atomic mass is 9.94. The van der Waals surface area contributed by atoms with Crippen molar-refractivity contribution >= 4 is 29.9 Å². The summed E-state index contributed by atoms with van der Waals surface area (Å²) in [7, 11) is 0. The van der Waals surface area contributed by atoms with Crippen LogP contribution in [0.5, 0.6) is 0 Å². The Kier molecular flexibility index (Phi) is 9.05. The summed E-state index contributed by atoms with van der Waals surface area (Å²) < 4.78 is 5.89. The van der Waals surface area contributed by atoms with E-state index in [2.05, 4.69) is 47.8 Å². The Morgan fingerprint density at radius 3 is 2.64 bits per heavy atom. The van der Waals surface area contributed by atoms with Gasteiger partial charge in [0.15, 0.2) is 5.96 Å². The fourth-order valence-electron chi connectivity index (χ4n) is 3.98. The molecule has 0 spiro atoms. The Bertz CT molecular complexity index is 619. The maximum absolute atomic E-state index is 5.89. The van der Waals surface area contributed by atoms with Crippen molar-refractivity contribution < 1.29 is 4.42 Å². The first-order valence-corrected chi connectivity index (χ1v) is 10.7. The van der Waals surface area contributed by atoms with Gasteiger partial charge in [0.25, 0.3) is 0 Å². The van der Waals surface area contributed by atoms with Crippen molar-refractivity contribution in [2.45, 2.75) is 65.3 Å². The van der Waals surface area contributed by atoms with Crippen molar-refractivity contribution in [3.63, 3.8) is 0 Å². The molecule has 2 aliphatic rings. The molecule has 0 aliphatic carbocycles. The predicted molar refractivity (Wildman–Crippen MR) is 125 cm³/mol. The van der Waals surface area contributed by atoms with Gasteiger partial charge in [0, 0.05) is 31.6 Å². The molecule has 160 valence electrons. The lowest BCUT2D eigenvalue weighted by Gasteiger charge is -2.29. The quantitative estimate of drug-likeness (QED) is 0.376. The molecule has 2 fully saturated rings. The number of rotatable bonds is 5. The van der Waals surface area contributed by atoms with E-state index in [0.717, 1.165) is 37.3 Å². The molecular formula is C21H38IN5O. The van der Waals surface area contributed by atoms with Crippen LogP contribution in [0.4, 0.5) is 0 Å². The van der Waals surface area contributed by atoms with E-state index in [1.165, 1.54) is 45.3 Å². The summed E-state index contributed by atoms with van der Waals surface area (Å²) in [4.78, 5) is 14.3. The molecule has 28 heavy (non-hydrogen) atoms. The van der Waals surface area contributed by atoms with Crippen molar-refractivity contribution in [3.05, 3.63) is 17.8 Å². The second-order valence-corrected chi connectivity index (χ2v) is 9.00. The topological polar surface area (TPSA) is 56.9 Å². The van der Waals surface area contributed by atoms with Gasteiger partial charge in [-0.3, -0.25) is 0 Å². The second kappa shape index (κ2) is 10.8. The highest BCUT2D eigenvalue weighted by atomic mass is 127. The molecule has 1 unspecified atom stereocenters. The van der Waals surface area contributed by atoms with Gasteiger partial charge in [-0.1, -0.05) is 27.2 Å². The van der Waals surface area contributed by atoms with Crippen LogP contribution in [0.15, 0.2) is 15.6 Å². The maximum Gasteiger partial charge on any atom is 0.216 e. The number of likely N-dealkylation sites (tertiary alicyclic amines) is 2. The van der Waals surface area contributed by atoms with Crippen LogP contribution in [0.1, 0.15) is 65.0 Å². The minimum atomic E-state index is -0.0178. The van der Waals surface area contributed by atoms with Gasteiger partial charge in [-0.2, -0.15) is 0 Å². The number of nitrogens with zero attached hydrogens (tertiary/aromatic N) is 4. The zero-order chi connectivity index (χ0) is 19.3. The number of nitrogens with one attached hydrogen (secondary N) is 1. The van der Waals surface area contributed by atoms with Crippen LogP contribution in [-0.4, -0.2) is 60.0 Å². The number of halogens is 1. The van der Waals surface area contributed by atoms with Gasteiger partial charge in [0.1, 0.15) is 12.3 Å². The van der Waals surface area contributed by atoms with Crippen molar-refractivity contribution in [3.8, 4) is 0 Å². The van der Waals surface area contributed by atoms with Crippen LogP contribution in [-0.2, 0) is 12.0 Å². The number of hydrogen-bond acceptors (Lipinski definition) is 4. The third kappa shape index (κ3) is 6.61. The van der Waals surface area contributed by atoms with E-state index in [1.807, 2.05) is 6.20 Å². The SMILES string of the molecule is CCNC(=NCc1ncc(C(C)(C)C)o1)N1CCC(CN2CCCCC2)C1.I. The fraction of sp³-hybridized carbons (Fsp3) is 0.810. The number of oxazole rings is 1. The molecule has 1 aromatic rings. The average molecular weight is 503 g/mol. The first-order chi connectivity index (χ1) is 13.0. The molecule has 3 heterocycles. The van der Waals surface area contributed by atoms with Crippen molar-refractivity contribution in [1.29, 1.82) is 0 Å². The van der Waals surface area contributed by atoms with Gasteiger partial charge in [-0.25, -0.2) is 9.98 Å². The molecular weight excluding hydrogens is 465 g/mol. The summed E-state index contributed by atoms with van der Waals surface area (Å²) in [5, 5.41) is 3.45. The first kappa shape index (κ1) is 23.4. The molecule has 6 nitrogen and oxygen atoms in total. The minimum Gasteiger partial charge on any atom is -0.443 e. The van der Waals surface area contributed by atoms with E-state index in [-0.39, 0.29) is 29.4 Å². The van der Waals surface area contributed by atoms with Crippen LogP contribution in [0.2, 0.25) is 0 Å². The summed E-state index contributed by atoms with van der Waals surface area (Å²) in [5.74, 6) is 3.36. The van der Waals surface area contributed by atoms with Crippen LogP contribution in [0, 0.1) is 5.92 Å². The molecule has 2 aliphatic heterocycles.